The minimum atomic E-state index is -0.776. The highest BCUT2D eigenvalue weighted by molar-refractivity contribution is 5.86. The van der Waals surface area contributed by atoms with Crippen molar-refractivity contribution < 1.29 is 9.90 Å². The molecule has 0 amide bonds. The van der Waals surface area contributed by atoms with E-state index in [1.54, 1.807) is 0 Å². The first kappa shape index (κ1) is 12.6. The first-order valence-electron chi connectivity index (χ1n) is 5.95. The van der Waals surface area contributed by atoms with Crippen LogP contribution in [0.15, 0.2) is 42.5 Å². The van der Waals surface area contributed by atoms with Crippen LogP contribution in [0.3, 0.4) is 0 Å². The predicted octanol–water partition coefficient (Wildman–Crippen LogP) is 2.92. The number of rotatable bonds is 4. The summed E-state index contributed by atoms with van der Waals surface area (Å²) in [5.41, 5.74) is 1.07. The fraction of sp³-hybridized carbons (Fsp3) is 0.267. The lowest BCUT2D eigenvalue weighted by atomic mass is 9.96. The average molecular weight is 243 g/mol. The van der Waals surface area contributed by atoms with Crippen molar-refractivity contribution in [2.24, 2.45) is 0 Å². The van der Waals surface area contributed by atoms with Crippen LogP contribution in [0.2, 0.25) is 0 Å². The van der Waals surface area contributed by atoms with Gasteiger partial charge in [-0.1, -0.05) is 42.5 Å². The maximum absolute atomic E-state index is 11.0. The Morgan fingerprint density at radius 1 is 1.17 bits per heavy atom. The molecule has 0 aliphatic rings. The van der Waals surface area contributed by atoms with Crippen molar-refractivity contribution in [2.45, 2.75) is 12.5 Å². The number of hydrogen-bond acceptors (Lipinski definition) is 2. The van der Waals surface area contributed by atoms with E-state index in [0.29, 0.717) is 0 Å². The van der Waals surface area contributed by atoms with Gasteiger partial charge >= 0.3 is 5.97 Å². The van der Waals surface area contributed by atoms with Gasteiger partial charge in [0.2, 0.25) is 0 Å². The molecule has 0 saturated heterocycles. The second-order valence-electron chi connectivity index (χ2n) is 4.65. The molecule has 0 aliphatic carbocycles. The zero-order chi connectivity index (χ0) is 13.1. The van der Waals surface area contributed by atoms with E-state index in [1.807, 2.05) is 61.5 Å². The fourth-order valence-electron chi connectivity index (χ4n) is 2.28. The molecule has 3 heteroatoms. The van der Waals surface area contributed by atoms with Gasteiger partial charge in [-0.2, -0.15) is 0 Å². The lowest BCUT2D eigenvalue weighted by molar-refractivity contribution is -0.138. The van der Waals surface area contributed by atoms with E-state index >= 15 is 0 Å². The number of carboxylic acids is 1. The lowest BCUT2D eigenvalue weighted by Crippen LogP contribution is -2.22. The van der Waals surface area contributed by atoms with Crippen molar-refractivity contribution in [1.82, 2.24) is 4.90 Å². The highest BCUT2D eigenvalue weighted by Crippen LogP contribution is 2.29. The van der Waals surface area contributed by atoms with E-state index in [1.165, 1.54) is 0 Å². The van der Waals surface area contributed by atoms with E-state index in [9.17, 15) is 4.79 Å². The van der Waals surface area contributed by atoms with Crippen LogP contribution in [0.25, 0.3) is 10.8 Å². The van der Waals surface area contributed by atoms with Gasteiger partial charge < -0.3 is 10.0 Å². The monoisotopic (exact) mass is 243 g/mol. The summed E-state index contributed by atoms with van der Waals surface area (Å²) < 4.78 is 0. The highest BCUT2D eigenvalue weighted by Gasteiger charge is 2.19. The third-order valence-electron chi connectivity index (χ3n) is 3.17. The quantitative estimate of drug-likeness (QED) is 0.897. The number of carboxylic acid groups (broad SMARTS) is 1. The number of hydrogen-bond donors (Lipinski definition) is 1. The number of aliphatic carboxylic acids is 1. The second kappa shape index (κ2) is 5.19. The van der Waals surface area contributed by atoms with Gasteiger partial charge in [-0.05, 0) is 30.4 Å². The van der Waals surface area contributed by atoms with Crippen LogP contribution in [0.5, 0.6) is 0 Å². The Hall–Kier alpha value is -1.87. The van der Waals surface area contributed by atoms with Gasteiger partial charge in [0.05, 0.1) is 6.42 Å². The van der Waals surface area contributed by atoms with Crippen LogP contribution in [0.1, 0.15) is 18.0 Å². The molecule has 0 fully saturated rings. The molecule has 1 atom stereocenters. The molecule has 0 radical (unpaired) electrons. The largest absolute Gasteiger partial charge is 0.481 e. The summed E-state index contributed by atoms with van der Waals surface area (Å²) >= 11 is 0. The minimum Gasteiger partial charge on any atom is -0.481 e. The van der Waals surface area contributed by atoms with E-state index in [2.05, 4.69) is 0 Å². The zero-order valence-electron chi connectivity index (χ0n) is 10.6. The van der Waals surface area contributed by atoms with Crippen LogP contribution in [-0.4, -0.2) is 30.1 Å². The molecule has 1 unspecified atom stereocenters. The number of benzene rings is 2. The van der Waals surface area contributed by atoms with Gasteiger partial charge in [-0.15, -0.1) is 0 Å². The Kier molecular flexibility index (Phi) is 3.63. The van der Waals surface area contributed by atoms with Gasteiger partial charge in [0.1, 0.15) is 0 Å². The molecule has 18 heavy (non-hydrogen) atoms. The fourth-order valence-corrected chi connectivity index (χ4v) is 2.28. The van der Waals surface area contributed by atoms with Crippen LogP contribution >= 0.6 is 0 Å². The van der Waals surface area contributed by atoms with Crippen molar-refractivity contribution in [1.29, 1.82) is 0 Å². The molecule has 2 aromatic rings. The SMILES string of the molecule is CN(C)C(CC(=O)O)c1cccc2ccccc12. The Labute approximate surface area is 107 Å². The Bertz CT molecular complexity index is 558. The van der Waals surface area contributed by atoms with Crippen molar-refractivity contribution in [3.05, 3.63) is 48.0 Å². The average Bonchev–Trinajstić information content (AvgIpc) is 2.35. The van der Waals surface area contributed by atoms with Crippen molar-refractivity contribution in [3.8, 4) is 0 Å². The van der Waals surface area contributed by atoms with Gasteiger partial charge in [0.25, 0.3) is 0 Å². The molecule has 0 aromatic heterocycles. The maximum Gasteiger partial charge on any atom is 0.305 e. The first-order valence-corrected chi connectivity index (χ1v) is 5.95. The van der Waals surface area contributed by atoms with Gasteiger partial charge in [0, 0.05) is 6.04 Å². The third-order valence-corrected chi connectivity index (χ3v) is 3.17. The molecule has 2 rings (SSSR count). The maximum atomic E-state index is 11.0. The van der Waals surface area contributed by atoms with Crippen molar-refractivity contribution >= 4 is 16.7 Å². The van der Waals surface area contributed by atoms with Gasteiger partial charge in [-0.3, -0.25) is 4.79 Å². The molecule has 94 valence electrons. The molecule has 0 heterocycles. The van der Waals surface area contributed by atoms with Crippen LogP contribution in [0.4, 0.5) is 0 Å². The topological polar surface area (TPSA) is 40.5 Å². The molecular weight excluding hydrogens is 226 g/mol. The molecule has 0 bridgehead atoms. The van der Waals surface area contributed by atoms with Crippen molar-refractivity contribution in [3.63, 3.8) is 0 Å². The van der Waals surface area contributed by atoms with Crippen LogP contribution in [-0.2, 0) is 4.79 Å². The smallest absolute Gasteiger partial charge is 0.305 e. The van der Waals surface area contributed by atoms with E-state index in [4.69, 9.17) is 5.11 Å². The summed E-state index contributed by atoms with van der Waals surface area (Å²) in [5.74, 6) is -0.776. The Morgan fingerprint density at radius 3 is 2.50 bits per heavy atom. The standard InChI is InChI=1S/C15H17NO2/c1-16(2)14(10-15(17)18)13-9-5-7-11-6-3-4-8-12(11)13/h3-9,14H,10H2,1-2H3,(H,17,18). The van der Waals surface area contributed by atoms with Crippen LogP contribution < -0.4 is 0 Å². The summed E-state index contributed by atoms with van der Waals surface area (Å²) in [6, 6.07) is 14.0. The summed E-state index contributed by atoms with van der Waals surface area (Å²) in [6.07, 6.45) is 0.112. The third kappa shape index (κ3) is 2.51. The Balaban J connectivity index is 2.53. The van der Waals surface area contributed by atoms with Gasteiger partial charge in [-0.25, -0.2) is 0 Å². The molecular formula is C15H17NO2. The second-order valence-corrected chi connectivity index (χ2v) is 4.65. The number of fused-ring (bicyclic) bond motifs is 1. The number of nitrogens with zero attached hydrogens (tertiary/aromatic N) is 1. The minimum absolute atomic E-state index is 0.103. The van der Waals surface area contributed by atoms with E-state index in [0.717, 1.165) is 16.3 Å². The molecule has 1 N–H and O–H groups in total. The summed E-state index contributed by atoms with van der Waals surface area (Å²) in [7, 11) is 3.82. The van der Waals surface area contributed by atoms with Crippen LogP contribution in [0, 0.1) is 0 Å². The molecule has 0 spiro atoms. The normalized spacial score (nSPS) is 12.8. The highest BCUT2D eigenvalue weighted by atomic mass is 16.4. The number of carbonyl (C=O) groups is 1. The van der Waals surface area contributed by atoms with Gasteiger partial charge in [0.15, 0.2) is 0 Å². The predicted molar refractivity (Wildman–Crippen MR) is 72.6 cm³/mol. The summed E-state index contributed by atoms with van der Waals surface area (Å²) in [5, 5.41) is 11.3. The molecule has 2 aromatic carbocycles. The van der Waals surface area contributed by atoms with E-state index < -0.39 is 5.97 Å². The molecule has 3 nitrogen and oxygen atoms in total. The molecule has 0 saturated carbocycles. The first-order chi connectivity index (χ1) is 8.59. The summed E-state index contributed by atoms with van der Waals surface area (Å²) in [6.45, 7) is 0. The van der Waals surface area contributed by atoms with Crippen molar-refractivity contribution in [2.75, 3.05) is 14.1 Å². The zero-order valence-corrected chi connectivity index (χ0v) is 10.6. The molecule has 0 aliphatic heterocycles. The Morgan fingerprint density at radius 2 is 1.83 bits per heavy atom. The van der Waals surface area contributed by atoms with E-state index in [-0.39, 0.29) is 12.5 Å². The summed E-state index contributed by atoms with van der Waals surface area (Å²) in [4.78, 5) is 13.0. The lowest BCUT2D eigenvalue weighted by Gasteiger charge is -2.24.